The van der Waals surface area contributed by atoms with Crippen LogP contribution < -0.4 is 4.74 Å². The highest BCUT2D eigenvalue weighted by Crippen LogP contribution is 2.30. The van der Waals surface area contributed by atoms with Crippen molar-refractivity contribution in [3.05, 3.63) is 57.8 Å². The minimum Gasteiger partial charge on any atom is -0.454 e. The van der Waals surface area contributed by atoms with Crippen LogP contribution in [0.3, 0.4) is 0 Å². The summed E-state index contributed by atoms with van der Waals surface area (Å²) in [6, 6.07) is 9.37. The molecule has 19 heavy (non-hydrogen) atoms. The van der Waals surface area contributed by atoms with Gasteiger partial charge in [-0.1, -0.05) is 28.1 Å². The zero-order valence-electron chi connectivity index (χ0n) is 9.93. The fourth-order valence-corrected chi connectivity index (χ4v) is 2.30. The van der Waals surface area contributed by atoms with Crippen molar-refractivity contribution in [3.8, 4) is 17.6 Å². The Morgan fingerprint density at radius 2 is 2.21 bits per heavy atom. The first-order valence-electron chi connectivity index (χ1n) is 5.79. The summed E-state index contributed by atoms with van der Waals surface area (Å²) in [4.78, 5) is 4.35. The summed E-state index contributed by atoms with van der Waals surface area (Å²) in [7, 11) is 0. The maximum absolute atomic E-state index is 9.07. The second-order valence-corrected chi connectivity index (χ2v) is 5.08. The van der Waals surface area contributed by atoms with E-state index in [9.17, 15) is 0 Å². The summed E-state index contributed by atoms with van der Waals surface area (Å²) in [5.74, 6) is 1.17. The minimum atomic E-state index is 0.499. The van der Waals surface area contributed by atoms with Gasteiger partial charge in [0, 0.05) is 10.9 Å². The van der Waals surface area contributed by atoms with Crippen LogP contribution in [0.5, 0.6) is 11.5 Å². The topological polar surface area (TPSA) is 45.9 Å². The van der Waals surface area contributed by atoms with Gasteiger partial charge in [-0.25, -0.2) is 0 Å². The van der Waals surface area contributed by atoms with Gasteiger partial charge in [0.1, 0.15) is 17.6 Å². The molecule has 0 N–H and O–H groups in total. The summed E-state index contributed by atoms with van der Waals surface area (Å²) in [5.41, 5.74) is 2.63. The van der Waals surface area contributed by atoms with Gasteiger partial charge in [-0.05, 0) is 29.8 Å². The molecular weight excluding hydrogens is 304 g/mol. The highest BCUT2D eigenvalue weighted by atomic mass is 79.9. The van der Waals surface area contributed by atoms with Crippen LogP contribution in [0, 0.1) is 11.3 Å². The summed E-state index contributed by atoms with van der Waals surface area (Å²) in [5, 5.41) is 9.07. The van der Waals surface area contributed by atoms with Gasteiger partial charge in [0.25, 0.3) is 0 Å². The van der Waals surface area contributed by atoms with Gasteiger partial charge >= 0.3 is 0 Å². The number of nitriles is 1. The molecule has 2 aromatic rings. The second kappa shape index (κ2) is 4.87. The smallest absolute Gasteiger partial charge is 0.146 e. The molecule has 92 valence electrons. The number of fused-ring (bicyclic) bond motifs is 1. The van der Waals surface area contributed by atoms with E-state index in [2.05, 4.69) is 33.1 Å². The number of allylic oxidation sites excluding steroid dienone is 1. The van der Waals surface area contributed by atoms with Crippen molar-refractivity contribution in [1.82, 2.24) is 4.98 Å². The van der Waals surface area contributed by atoms with E-state index in [1.54, 1.807) is 18.3 Å². The molecule has 1 aromatic heterocycles. The van der Waals surface area contributed by atoms with Crippen molar-refractivity contribution in [2.24, 2.45) is 0 Å². The van der Waals surface area contributed by atoms with Crippen molar-refractivity contribution in [2.75, 3.05) is 0 Å². The van der Waals surface area contributed by atoms with Crippen LogP contribution in [0.2, 0.25) is 0 Å². The van der Waals surface area contributed by atoms with Gasteiger partial charge in [0.05, 0.1) is 17.5 Å². The minimum absolute atomic E-state index is 0.499. The molecule has 1 aliphatic rings. The van der Waals surface area contributed by atoms with Gasteiger partial charge in [0.15, 0.2) is 0 Å². The maximum atomic E-state index is 9.07. The van der Waals surface area contributed by atoms with E-state index in [1.807, 2.05) is 18.2 Å². The molecule has 1 aromatic carbocycles. The lowest BCUT2D eigenvalue weighted by molar-refractivity contribution is 0.478. The monoisotopic (exact) mass is 312 g/mol. The Labute approximate surface area is 119 Å². The van der Waals surface area contributed by atoms with E-state index in [-0.39, 0.29) is 0 Å². The number of pyridine rings is 1. The molecule has 0 radical (unpaired) electrons. The van der Waals surface area contributed by atoms with Crippen LogP contribution >= 0.6 is 15.9 Å². The molecule has 1 heterocycles. The maximum Gasteiger partial charge on any atom is 0.146 e. The Kier molecular flexibility index (Phi) is 3.06. The lowest BCUT2D eigenvalue weighted by Crippen LogP contribution is -1.92. The van der Waals surface area contributed by atoms with Crippen LogP contribution in [0.4, 0.5) is 0 Å². The largest absolute Gasteiger partial charge is 0.454 e. The summed E-state index contributed by atoms with van der Waals surface area (Å²) in [6.45, 7) is 0. The molecule has 0 aliphatic heterocycles. The molecule has 0 saturated heterocycles. The zero-order chi connectivity index (χ0) is 13.2. The molecule has 3 rings (SSSR count). The SMILES string of the molecule is N#Cc1ccc(Br)cc1Oc1cnc2c(c1)C=CC2. The van der Waals surface area contributed by atoms with Crippen molar-refractivity contribution in [3.63, 3.8) is 0 Å². The van der Waals surface area contributed by atoms with Gasteiger partial charge in [0.2, 0.25) is 0 Å². The molecule has 1 aliphatic carbocycles. The molecule has 0 spiro atoms. The van der Waals surface area contributed by atoms with Gasteiger partial charge < -0.3 is 4.74 Å². The average molecular weight is 313 g/mol. The van der Waals surface area contributed by atoms with Gasteiger partial charge in [-0.15, -0.1) is 0 Å². The van der Waals surface area contributed by atoms with Gasteiger partial charge in [-0.2, -0.15) is 5.26 Å². The fraction of sp³-hybridized carbons (Fsp3) is 0.0667. The summed E-state index contributed by atoms with van der Waals surface area (Å²) >= 11 is 3.37. The number of nitrogens with zero attached hydrogens (tertiary/aromatic N) is 2. The van der Waals surface area contributed by atoms with E-state index in [4.69, 9.17) is 10.00 Å². The van der Waals surface area contributed by atoms with E-state index < -0.39 is 0 Å². The lowest BCUT2D eigenvalue weighted by Gasteiger charge is -2.08. The Hall–Kier alpha value is -2.12. The average Bonchev–Trinajstić information content (AvgIpc) is 2.86. The van der Waals surface area contributed by atoms with Crippen LogP contribution in [0.15, 0.2) is 41.0 Å². The summed E-state index contributed by atoms with van der Waals surface area (Å²) < 4.78 is 6.63. The third kappa shape index (κ3) is 2.38. The Morgan fingerprint density at radius 1 is 1.32 bits per heavy atom. The molecule has 0 atom stereocenters. The first-order chi connectivity index (χ1) is 9.26. The number of hydrogen-bond donors (Lipinski definition) is 0. The zero-order valence-corrected chi connectivity index (χ0v) is 11.5. The number of aromatic nitrogens is 1. The molecule has 0 unspecified atom stereocenters. The first-order valence-corrected chi connectivity index (χ1v) is 6.58. The predicted octanol–water partition coefficient (Wildman–Crippen LogP) is 4.08. The third-order valence-electron chi connectivity index (χ3n) is 2.88. The standard InChI is InChI=1S/C15H9BrN2O/c16-12-5-4-11(8-17)15(7-12)19-13-6-10-2-1-3-14(10)18-9-13/h1-2,4-7,9H,3H2. The van der Waals surface area contributed by atoms with E-state index in [0.29, 0.717) is 17.1 Å². The van der Waals surface area contributed by atoms with Crippen LogP contribution in [0.1, 0.15) is 16.8 Å². The Balaban J connectivity index is 1.95. The highest BCUT2D eigenvalue weighted by molar-refractivity contribution is 9.10. The molecular formula is C15H9BrN2O. The highest BCUT2D eigenvalue weighted by Gasteiger charge is 2.10. The van der Waals surface area contributed by atoms with Crippen LogP contribution in [-0.2, 0) is 6.42 Å². The molecule has 0 saturated carbocycles. The van der Waals surface area contributed by atoms with Gasteiger partial charge in [-0.3, -0.25) is 4.98 Å². The van der Waals surface area contributed by atoms with Crippen molar-refractivity contribution < 1.29 is 4.74 Å². The predicted molar refractivity (Wildman–Crippen MR) is 75.9 cm³/mol. The molecule has 0 amide bonds. The van der Waals surface area contributed by atoms with Crippen molar-refractivity contribution in [2.45, 2.75) is 6.42 Å². The van der Waals surface area contributed by atoms with Crippen LogP contribution in [-0.4, -0.2) is 4.98 Å². The molecule has 4 heteroatoms. The molecule has 0 bridgehead atoms. The lowest BCUT2D eigenvalue weighted by atomic mass is 10.2. The van der Waals surface area contributed by atoms with E-state index in [1.165, 1.54) is 0 Å². The molecule has 3 nitrogen and oxygen atoms in total. The van der Waals surface area contributed by atoms with E-state index >= 15 is 0 Å². The number of benzene rings is 1. The number of ether oxygens (including phenoxy) is 1. The number of halogens is 1. The third-order valence-corrected chi connectivity index (χ3v) is 3.37. The number of rotatable bonds is 2. The van der Waals surface area contributed by atoms with E-state index in [0.717, 1.165) is 22.2 Å². The second-order valence-electron chi connectivity index (χ2n) is 4.17. The Bertz CT molecular complexity index is 717. The number of hydrogen-bond acceptors (Lipinski definition) is 3. The summed E-state index contributed by atoms with van der Waals surface area (Å²) in [6.07, 6.45) is 6.66. The van der Waals surface area contributed by atoms with Crippen molar-refractivity contribution >= 4 is 22.0 Å². The molecule has 0 fully saturated rings. The Morgan fingerprint density at radius 3 is 3.05 bits per heavy atom. The van der Waals surface area contributed by atoms with Crippen LogP contribution in [0.25, 0.3) is 6.08 Å². The first kappa shape index (κ1) is 11.9. The quantitative estimate of drug-likeness (QED) is 0.839. The fourth-order valence-electron chi connectivity index (χ4n) is 1.96. The van der Waals surface area contributed by atoms with Crippen molar-refractivity contribution in [1.29, 1.82) is 5.26 Å². The normalized spacial score (nSPS) is 12.0.